The van der Waals surface area contributed by atoms with Crippen LogP contribution < -0.4 is 10.6 Å². The van der Waals surface area contributed by atoms with Crippen LogP contribution in [0.1, 0.15) is 31.1 Å². The normalized spacial score (nSPS) is 10.4. The predicted octanol–water partition coefficient (Wildman–Crippen LogP) is 6.23. The fraction of sp³-hybridized carbons (Fsp3) is 0. The number of amides is 2. The largest absolute Gasteiger partial charge is 0.322 e. The Balaban J connectivity index is 1.41. The highest BCUT2D eigenvalue weighted by Crippen LogP contribution is 2.26. The van der Waals surface area contributed by atoms with E-state index in [-0.39, 0.29) is 22.2 Å². The molecule has 0 unspecified atom stereocenters. The lowest BCUT2D eigenvalue weighted by Crippen LogP contribution is -2.12. The maximum absolute atomic E-state index is 12.6. The number of hydrogen-bond acceptors (Lipinski definition) is 5. The van der Waals surface area contributed by atoms with Crippen LogP contribution in [-0.2, 0) is 0 Å². The van der Waals surface area contributed by atoms with Gasteiger partial charge in [-0.3, -0.25) is 24.5 Å². The summed E-state index contributed by atoms with van der Waals surface area (Å²) < 4.78 is 0. The molecule has 0 spiro atoms. The first-order chi connectivity index (χ1) is 17.3. The lowest BCUT2D eigenvalue weighted by Gasteiger charge is -2.09. The van der Waals surface area contributed by atoms with Gasteiger partial charge in [0.2, 0.25) is 0 Å². The van der Waals surface area contributed by atoms with Crippen LogP contribution >= 0.6 is 11.6 Å². The molecule has 0 radical (unpaired) electrons. The van der Waals surface area contributed by atoms with Crippen molar-refractivity contribution in [3.8, 4) is 11.1 Å². The number of nitro benzene ring substituents is 1. The SMILES string of the molecule is O=Cc1ccc(C(=O)Nc2ccc(-c3ccc(NC(=O)c4cc([N+](=O)[O-])ccc4Cl)cc3)cc2)cc1. The van der Waals surface area contributed by atoms with Crippen molar-refractivity contribution >= 4 is 46.8 Å². The quantitative estimate of drug-likeness (QED) is 0.177. The second kappa shape index (κ2) is 10.6. The van der Waals surface area contributed by atoms with Crippen molar-refractivity contribution in [1.82, 2.24) is 0 Å². The number of anilines is 2. The monoisotopic (exact) mass is 499 g/mol. The van der Waals surface area contributed by atoms with Gasteiger partial charge in [0.15, 0.2) is 0 Å². The van der Waals surface area contributed by atoms with Gasteiger partial charge < -0.3 is 10.6 Å². The number of carbonyl (C=O) groups excluding carboxylic acids is 3. The van der Waals surface area contributed by atoms with E-state index in [1.165, 1.54) is 12.1 Å². The van der Waals surface area contributed by atoms with Crippen molar-refractivity contribution in [1.29, 1.82) is 0 Å². The van der Waals surface area contributed by atoms with Gasteiger partial charge in [0, 0.05) is 34.6 Å². The number of rotatable bonds is 7. The minimum atomic E-state index is -0.593. The van der Waals surface area contributed by atoms with E-state index in [1.54, 1.807) is 48.5 Å². The Morgan fingerprint density at radius 2 is 1.28 bits per heavy atom. The molecule has 0 bridgehead atoms. The van der Waals surface area contributed by atoms with Crippen molar-refractivity contribution in [2.24, 2.45) is 0 Å². The molecule has 36 heavy (non-hydrogen) atoms. The minimum Gasteiger partial charge on any atom is -0.322 e. The average molecular weight is 500 g/mol. The highest BCUT2D eigenvalue weighted by Gasteiger charge is 2.16. The summed E-state index contributed by atoms with van der Waals surface area (Å²) in [6, 6.07) is 24.3. The van der Waals surface area contributed by atoms with Gasteiger partial charge in [-0.25, -0.2) is 0 Å². The summed E-state index contributed by atoms with van der Waals surface area (Å²) in [5.41, 5.74) is 3.59. The topological polar surface area (TPSA) is 118 Å². The molecule has 0 heterocycles. The Morgan fingerprint density at radius 1 is 0.750 bits per heavy atom. The molecular weight excluding hydrogens is 482 g/mol. The molecule has 0 atom stereocenters. The highest BCUT2D eigenvalue weighted by atomic mass is 35.5. The molecule has 0 aliphatic heterocycles. The molecule has 0 fully saturated rings. The zero-order valence-corrected chi connectivity index (χ0v) is 19.4. The second-order valence-electron chi connectivity index (χ2n) is 7.72. The molecule has 2 N–H and O–H groups in total. The van der Waals surface area contributed by atoms with Gasteiger partial charge in [-0.15, -0.1) is 0 Å². The fourth-order valence-electron chi connectivity index (χ4n) is 3.41. The van der Waals surface area contributed by atoms with Gasteiger partial charge >= 0.3 is 0 Å². The average Bonchev–Trinajstić information content (AvgIpc) is 2.89. The minimum absolute atomic E-state index is 0.00672. The second-order valence-corrected chi connectivity index (χ2v) is 8.13. The van der Waals surface area contributed by atoms with Crippen LogP contribution in [-0.4, -0.2) is 23.0 Å². The Morgan fingerprint density at radius 3 is 1.78 bits per heavy atom. The predicted molar refractivity (Wildman–Crippen MR) is 138 cm³/mol. The first kappa shape index (κ1) is 24.3. The fourth-order valence-corrected chi connectivity index (χ4v) is 3.61. The van der Waals surface area contributed by atoms with E-state index in [0.29, 0.717) is 28.8 Å². The Bertz CT molecular complexity index is 1450. The zero-order valence-electron chi connectivity index (χ0n) is 18.6. The van der Waals surface area contributed by atoms with E-state index < -0.39 is 10.8 Å². The molecule has 0 aliphatic rings. The zero-order chi connectivity index (χ0) is 25.7. The summed E-state index contributed by atoms with van der Waals surface area (Å²) in [5.74, 6) is -0.846. The lowest BCUT2D eigenvalue weighted by atomic mass is 10.0. The number of nitro groups is 1. The summed E-state index contributed by atoms with van der Waals surface area (Å²) >= 11 is 6.04. The van der Waals surface area contributed by atoms with Crippen molar-refractivity contribution in [2.75, 3.05) is 10.6 Å². The lowest BCUT2D eigenvalue weighted by molar-refractivity contribution is -0.384. The molecule has 0 saturated heterocycles. The van der Waals surface area contributed by atoms with Gasteiger partial charge in [-0.05, 0) is 53.6 Å². The molecule has 8 nitrogen and oxygen atoms in total. The molecule has 4 aromatic carbocycles. The van der Waals surface area contributed by atoms with Crippen molar-refractivity contribution in [2.45, 2.75) is 0 Å². The summed E-state index contributed by atoms with van der Waals surface area (Å²) in [6.45, 7) is 0. The molecule has 9 heteroatoms. The van der Waals surface area contributed by atoms with Gasteiger partial charge in [0.25, 0.3) is 17.5 Å². The first-order valence-electron chi connectivity index (χ1n) is 10.7. The molecule has 0 aromatic heterocycles. The molecule has 0 saturated carbocycles. The summed E-state index contributed by atoms with van der Waals surface area (Å²) in [5, 5.41) is 16.6. The summed E-state index contributed by atoms with van der Waals surface area (Å²) in [7, 11) is 0. The van der Waals surface area contributed by atoms with E-state index >= 15 is 0 Å². The van der Waals surface area contributed by atoms with Gasteiger partial charge in [0.05, 0.1) is 15.5 Å². The van der Waals surface area contributed by atoms with Crippen LogP contribution in [0.2, 0.25) is 5.02 Å². The number of non-ortho nitro benzene ring substituents is 1. The number of benzene rings is 4. The maximum Gasteiger partial charge on any atom is 0.270 e. The summed E-state index contributed by atoms with van der Waals surface area (Å²) in [6.07, 6.45) is 0.716. The molecule has 0 aliphatic carbocycles. The summed E-state index contributed by atoms with van der Waals surface area (Å²) in [4.78, 5) is 46.1. The van der Waals surface area contributed by atoms with Crippen LogP contribution in [0.4, 0.5) is 17.1 Å². The van der Waals surface area contributed by atoms with Gasteiger partial charge in [-0.1, -0.05) is 48.0 Å². The number of halogens is 1. The van der Waals surface area contributed by atoms with Crippen LogP contribution in [0.3, 0.4) is 0 Å². The number of carbonyl (C=O) groups is 3. The number of aldehydes is 1. The van der Waals surface area contributed by atoms with Crippen LogP contribution in [0.25, 0.3) is 11.1 Å². The van der Waals surface area contributed by atoms with Crippen molar-refractivity contribution in [3.05, 3.63) is 123 Å². The molecule has 4 aromatic rings. The third-order valence-corrected chi connectivity index (χ3v) is 5.66. The van der Waals surface area contributed by atoms with E-state index in [4.69, 9.17) is 11.6 Å². The smallest absolute Gasteiger partial charge is 0.270 e. The molecule has 2 amide bonds. The van der Waals surface area contributed by atoms with Gasteiger partial charge in [0.1, 0.15) is 6.29 Å². The van der Waals surface area contributed by atoms with Gasteiger partial charge in [-0.2, -0.15) is 0 Å². The third-order valence-electron chi connectivity index (χ3n) is 5.33. The number of nitrogens with zero attached hydrogens (tertiary/aromatic N) is 1. The van der Waals surface area contributed by atoms with Crippen molar-refractivity contribution in [3.63, 3.8) is 0 Å². The van der Waals surface area contributed by atoms with E-state index in [1.807, 2.05) is 24.3 Å². The molecule has 178 valence electrons. The number of nitrogens with one attached hydrogen (secondary N) is 2. The highest BCUT2D eigenvalue weighted by molar-refractivity contribution is 6.34. The van der Waals surface area contributed by atoms with E-state index in [2.05, 4.69) is 10.6 Å². The van der Waals surface area contributed by atoms with E-state index in [9.17, 15) is 24.5 Å². The maximum atomic E-state index is 12.6. The Hall–Kier alpha value is -4.82. The molecule has 4 rings (SSSR count). The molecular formula is C27H18ClN3O5. The van der Waals surface area contributed by atoms with Crippen molar-refractivity contribution < 1.29 is 19.3 Å². The van der Waals surface area contributed by atoms with Crippen LogP contribution in [0, 0.1) is 10.1 Å². The first-order valence-corrected chi connectivity index (χ1v) is 11.0. The Kier molecular flexibility index (Phi) is 7.17. The third kappa shape index (κ3) is 5.63. The standard InChI is InChI=1S/C27H18ClN3O5/c28-25-14-13-23(31(35)36)15-24(25)27(34)30-22-11-7-19(8-12-22)18-5-9-21(10-6-18)29-26(33)20-3-1-17(16-32)2-4-20/h1-16H,(H,29,33)(H,30,34). The van der Waals surface area contributed by atoms with E-state index in [0.717, 1.165) is 17.2 Å². The van der Waals surface area contributed by atoms with Crippen LogP contribution in [0.5, 0.6) is 0 Å². The van der Waals surface area contributed by atoms with Crippen LogP contribution in [0.15, 0.2) is 91.0 Å². The number of hydrogen-bond donors (Lipinski definition) is 2. The Labute approximate surface area is 210 Å².